The summed E-state index contributed by atoms with van der Waals surface area (Å²) in [5.41, 5.74) is 0. The third-order valence-corrected chi connectivity index (χ3v) is 6.54. The largest absolute Gasteiger partial charge is 0.496 e. The second kappa shape index (κ2) is 5.71. The van der Waals surface area contributed by atoms with Crippen molar-refractivity contribution in [3.63, 3.8) is 0 Å². The standard InChI is InChI=1S/C16H27O2P/c1-15(2,3)19(16(4,5)6)14-12(17-7)10-9-11-13(14)18-8/h9-11H,1-8H3. The molecule has 0 radical (unpaired) electrons. The van der Waals surface area contributed by atoms with E-state index in [1.165, 1.54) is 5.30 Å². The van der Waals surface area contributed by atoms with Gasteiger partial charge in [0, 0.05) is 0 Å². The summed E-state index contributed by atoms with van der Waals surface area (Å²) < 4.78 is 11.2. The molecule has 0 saturated carbocycles. The maximum Gasteiger partial charge on any atom is 0.130 e. The lowest BCUT2D eigenvalue weighted by atomic mass is 10.2. The maximum atomic E-state index is 5.60. The highest BCUT2D eigenvalue weighted by atomic mass is 31.1. The van der Waals surface area contributed by atoms with E-state index >= 15 is 0 Å². The quantitative estimate of drug-likeness (QED) is 0.765. The summed E-state index contributed by atoms with van der Waals surface area (Å²) in [5, 5.41) is 1.62. The number of rotatable bonds is 3. The van der Waals surface area contributed by atoms with Crippen LogP contribution in [0, 0.1) is 0 Å². The Kier molecular flexibility index (Phi) is 4.90. The van der Waals surface area contributed by atoms with Crippen LogP contribution in [-0.2, 0) is 0 Å². The number of benzene rings is 1. The van der Waals surface area contributed by atoms with Crippen molar-refractivity contribution in [2.75, 3.05) is 14.2 Å². The van der Waals surface area contributed by atoms with Crippen molar-refractivity contribution in [1.82, 2.24) is 0 Å². The summed E-state index contributed by atoms with van der Waals surface area (Å²) >= 11 is 0. The molecule has 0 atom stereocenters. The van der Waals surface area contributed by atoms with Gasteiger partial charge in [0.05, 0.1) is 19.5 Å². The number of methoxy groups -OCH3 is 2. The molecule has 1 rings (SSSR count). The van der Waals surface area contributed by atoms with E-state index in [4.69, 9.17) is 9.47 Å². The molecule has 1 aromatic rings. The van der Waals surface area contributed by atoms with E-state index < -0.39 is 7.92 Å². The molecule has 0 aliphatic rings. The van der Waals surface area contributed by atoms with Crippen LogP contribution in [0.4, 0.5) is 0 Å². The average molecular weight is 282 g/mol. The van der Waals surface area contributed by atoms with Gasteiger partial charge in [0.2, 0.25) is 0 Å². The first-order valence-corrected chi connectivity index (χ1v) is 7.98. The van der Waals surface area contributed by atoms with Crippen molar-refractivity contribution < 1.29 is 9.47 Å². The first kappa shape index (κ1) is 16.3. The highest BCUT2D eigenvalue weighted by Crippen LogP contribution is 2.60. The Labute approximate surface area is 119 Å². The molecule has 0 fully saturated rings. The van der Waals surface area contributed by atoms with E-state index in [9.17, 15) is 0 Å². The van der Waals surface area contributed by atoms with Gasteiger partial charge in [-0.05, 0) is 22.4 Å². The van der Waals surface area contributed by atoms with Crippen LogP contribution >= 0.6 is 7.92 Å². The molecule has 0 aliphatic carbocycles. The molecule has 0 aromatic heterocycles. The van der Waals surface area contributed by atoms with Crippen LogP contribution in [0.5, 0.6) is 11.5 Å². The van der Waals surface area contributed by atoms with E-state index in [0.717, 1.165) is 11.5 Å². The van der Waals surface area contributed by atoms with Crippen molar-refractivity contribution in [3.8, 4) is 11.5 Å². The third kappa shape index (κ3) is 3.63. The highest BCUT2D eigenvalue weighted by Gasteiger charge is 2.39. The molecule has 19 heavy (non-hydrogen) atoms. The lowest BCUT2D eigenvalue weighted by Gasteiger charge is -2.42. The molecule has 3 heteroatoms. The maximum absolute atomic E-state index is 5.60. The van der Waals surface area contributed by atoms with Crippen LogP contribution in [0.25, 0.3) is 0 Å². The fourth-order valence-electron chi connectivity index (χ4n) is 2.73. The number of hydrogen-bond donors (Lipinski definition) is 0. The van der Waals surface area contributed by atoms with Crippen molar-refractivity contribution in [1.29, 1.82) is 0 Å². The van der Waals surface area contributed by atoms with Gasteiger partial charge in [-0.2, -0.15) is 0 Å². The first-order chi connectivity index (χ1) is 8.62. The molecule has 0 saturated heterocycles. The van der Waals surface area contributed by atoms with E-state index in [2.05, 4.69) is 41.5 Å². The Morgan fingerprint density at radius 1 is 0.789 bits per heavy atom. The monoisotopic (exact) mass is 282 g/mol. The van der Waals surface area contributed by atoms with Gasteiger partial charge in [-0.25, -0.2) is 0 Å². The summed E-state index contributed by atoms with van der Waals surface area (Å²) in [6.45, 7) is 13.8. The van der Waals surface area contributed by atoms with Crippen LogP contribution < -0.4 is 14.8 Å². The minimum absolute atomic E-state index is 0.190. The average Bonchev–Trinajstić information content (AvgIpc) is 2.25. The van der Waals surface area contributed by atoms with E-state index in [1.807, 2.05) is 18.2 Å². The van der Waals surface area contributed by atoms with Gasteiger partial charge in [0.15, 0.2) is 0 Å². The van der Waals surface area contributed by atoms with Gasteiger partial charge >= 0.3 is 0 Å². The SMILES string of the molecule is COc1cccc(OC)c1P(C(C)(C)C)C(C)(C)C. The normalized spacial score (nSPS) is 12.7. The predicted molar refractivity (Wildman–Crippen MR) is 85.6 cm³/mol. The molecule has 0 unspecified atom stereocenters. The summed E-state index contributed by atoms with van der Waals surface area (Å²) in [7, 11) is 3.03. The van der Waals surface area contributed by atoms with Gasteiger partial charge in [0.1, 0.15) is 11.5 Å². The zero-order chi connectivity index (χ0) is 14.8. The van der Waals surface area contributed by atoms with E-state index in [1.54, 1.807) is 14.2 Å². The molecule has 0 bridgehead atoms. The van der Waals surface area contributed by atoms with Gasteiger partial charge in [-0.1, -0.05) is 55.5 Å². The molecular formula is C16H27O2P. The Morgan fingerprint density at radius 3 is 1.42 bits per heavy atom. The second-order valence-corrected chi connectivity index (χ2v) is 10.5. The summed E-state index contributed by atoms with van der Waals surface area (Å²) in [4.78, 5) is 0. The van der Waals surface area contributed by atoms with Gasteiger partial charge < -0.3 is 9.47 Å². The molecular weight excluding hydrogens is 255 g/mol. The minimum Gasteiger partial charge on any atom is -0.496 e. The fraction of sp³-hybridized carbons (Fsp3) is 0.625. The zero-order valence-corrected chi connectivity index (χ0v) is 14.4. The fourth-order valence-corrected chi connectivity index (χ4v) is 6.86. The zero-order valence-electron chi connectivity index (χ0n) is 13.5. The molecule has 0 spiro atoms. The van der Waals surface area contributed by atoms with Crippen molar-refractivity contribution in [2.24, 2.45) is 0 Å². The Balaban J connectivity index is 3.54. The van der Waals surface area contributed by atoms with Crippen LogP contribution in [0.3, 0.4) is 0 Å². The number of hydrogen-bond acceptors (Lipinski definition) is 2. The Morgan fingerprint density at radius 2 is 1.16 bits per heavy atom. The molecule has 2 nitrogen and oxygen atoms in total. The minimum atomic E-state index is -0.441. The van der Waals surface area contributed by atoms with Crippen LogP contribution in [0.2, 0.25) is 0 Å². The van der Waals surface area contributed by atoms with E-state index in [-0.39, 0.29) is 10.3 Å². The molecule has 0 N–H and O–H groups in total. The van der Waals surface area contributed by atoms with Gasteiger partial charge in [0.25, 0.3) is 0 Å². The summed E-state index contributed by atoms with van der Waals surface area (Å²) in [6.07, 6.45) is 0. The van der Waals surface area contributed by atoms with Crippen LogP contribution in [-0.4, -0.2) is 24.5 Å². The Bertz CT molecular complexity index is 391. The highest BCUT2D eigenvalue weighted by molar-refractivity contribution is 7.69. The van der Waals surface area contributed by atoms with Crippen molar-refractivity contribution in [2.45, 2.75) is 51.9 Å². The first-order valence-electron chi connectivity index (χ1n) is 6.64. The number of ether oxygens (including phenoxy) is 2. The van der Waals surface area contributed by atoms with Gasteiger partial charge in [-0.15, -0.1) is 0 Å². The smallest absolute Gasteiger partial charge is 0.130 e. The lowest BCUT2D eigenvalue weighted by molar-refractivity contribution is 0.400. The van der Waals surface area contributed by atoms with Crippen molar-refractivity contribution in [3.05, 3.63) is 18.2 Å². The Hall–Kier alpha value is -0.750. The van der Waals surface area contributed by atoms with E-state index in [0.29, 0.717) is 0 Å². The summed E-state index contributed by atoms with van der Waals surface area (Å²) in [5.74, 6) is 1.88. The topological polar surface area (TPSA) is 18.5 Å². The van der Waals surface area contributed by atoms with Crippen molar-refractivity contribution >= 4 is 13.2 Å². The lowest BCUT2D eigenvalue weighted by Crippen LogP contribution is -2.32. The molecule has 108 valence electrons. The predicted octanol–water partition coefficient (Wildman–Crippen LogP) is 4.41. The van der Waals surface area contributed by atoms with Gasteiger partial charge in [-0.3, -0.25) is 0 Å². The van der Waals surface area contributed by atoms with Crippen LogP contribution in [0.1, 0.15) is 41.5 Å². The molecule has 1 aromatic carbocycles. The summed E-state index contributed by atoms with van der Waals surface area (Å²) in [6, 6.07) is 6.05. The van der Waals surface area contributed by atoms with Crippen LogP contribution in [0.15, 0.2) is 18.2 Å². The molecule has 0 heterocycles. The third-order valence-electron chi connectivity index (χ3n) is 2.97. The second-order valence-electron chi connectivity index (χ2n) is 6.69. The molecule has 0 aliphatic heterocycles. The molecule has 0 amide bonds.